The largest absolute Gasteiger partial charge is 0.345 e. The van der Waals surface area contributed by atoms with Crippen LogP contribution in [0.25, 0.3) is 0 Å². The number of hydrogen-bond acceptors (Lipinski definition) is 2. The number of hydrogen-bond donors (Lipinski definition) is 2. The van der Waals surface area contributed by atoms with Gasteiger partial charge in [0.05, 0.1) is 0 Å². The van der Waals surface area contributed by atoms with Crippen LogP contribution in [0.1, 0.15) is 20.3 Å². The third-order valence-corrected chi connectivity index (χ3v) is 1.60. The van der Waals surface area contributed by atoms with Crippen molar-refractivity contribution in [2.24, 2.45) is 0 Å². The van der Waals surface area contributed by atoms with Crippen molar-refractivity contribution in [1.82, 2.24) is 10.6 Å². The summed E-state index contributed by atoms with van der Waals surface area (Å²) in [5.74, 6) is -1.20. The molecule has 0 saturated heterocycles. The van der Waals surface area contributed by atoms with E-state index in [4.69, 9.17) is 0 Å². The molecule has 0 radical (unpaired) electrons. The molecule has 0 heterocycles. The molecule has 0 fully saturated rings. The average molecular weight is 184 g/mol. The first-order valence-corrected chi connectivity index (χ1v) is 4.31. The van der Waals surface area contributed by atoms with Crippen LogP contribution in [0.5, 0.6) is 0 Å². The van der Waals surface area contributed by atoms with Gasteiger partial charge in [-0.1, -0.05) is 13.0 Å². The summed E-state index contributed by atoms with van der Waals surface area (Å²) in [6.07, 6.45) is 2.33. The highest BCUT2D eigenvalue weighted by Crippen LogP contribution is 1.86. The predicted octanol–water partition coefficient (Wildman–Crippen LogP) is 0.203. The number of amides is 2. The van der Waals surface area contributed by atoms with Gasteiger partial charge in [-0.25, -0.2) is 0 Å². The van der Waals surface area contributed by atoms with Gasteiger partial charge in [-0.05, 0) is 13.3 Å². The molecule has 0 saturated carbocycles. The van der Waals surface area contributed by atoms with Crippen molar-refractivity contribution in [3.05, 3.63) is 12.7 Å². The monoisotopic (exact) mass is 184 g/mol. The van der Waals surface area contributed by atoms with Crippen LogP contribution in [0.15, 0.2) is 12.7 Å². The second-order valence-electron chi connectivity index (χ2n) is 2.78. The summed E-state index contributed by atoms with van der Waals surface area (Å²) >= 11 is 0. The van der Waals surface area contributed by atoms with Gasteiger partial charge in [0.2, 0.25) is 0 Å². The van der Waals surface area contributed by atoms with E-state index < -0.39 is 11.8 Å². The fourth-order valence-electron chi connectivity index (χ4n) is 0.637. The summed E-state index contributed by atoms with van der Waals surface area (Å²) in [4.78, 5) is 22.0. The quantitative estimate of drug-likeness (QED) is 0.484. The van der Waals surface area contributed by atoms with E-state index >= 15 is 0 Å². The van der Waals surface area contributed by atoms with Crippen LogP contribution < -0.4 is 10.6 Å². The Bertz CT molecular complexity index is 202. The van der Waals surface area contributed by atoms with Gasteiger partial charge in [-0.15, -0.1) is 6.58 Å². The van der Waals surface area contributed by atoms with Crippen LogP contribution in [0.3, 0.4) is 0 Å². The van der Waals surface area contributed by atoms with E-state index in [-0.39, 0.29) is 6.04 Å². The molecule has 0 aliphatic heterocycles. The minimum atomic E-state index is -0.611. The van der Waals surface area contributed by atoms with Crippen molar-refractivity contribution in [3.8, 4) is 0 Å². The first-order chi connectivity index (χ1) is 6.11. The summed E-state index contributed by atoms with van der Waals surface area (Å²) in [7, 11) is 0. The Hall–Kier alpha value is -1.32. The van der Waals surface area contributed by atoms with Crippen LogP contribution in [0.2, 0.25) is 0 Å². The maximum Gasteiger partial charge on any atom is 0.309 e. The van der Waals surface area contributed by atoms with Crippen molar-refractivity contribution in [2.75, 3.05) is 6.54 Å². The van der Waals surface area contributed by atoms with Crippen molar-refractivity contribution >= 4 is 11.8 Å². The lowest BCUT2D eigenvalue weighted by molar-refractivity contribution is -0.139. The smallest absolute Gasteiger partial charge is 0.309 e. The van der Waals surface area contributed by atoms with Crippen LogP contribution in [-0.4, -0.2) is 24.4 Å². The molecular weight excluding hydrogens is 168 g/mol. The fraction of sp³-hybridized carbons (Fsp3) is 0.556. The van der Waals surface area contributed by atoms with Gasteiger partial charge in [0.1, 0.15) is 0 Å². The molecule has 0 spiro atoms. The summed E-state index contributed by atoms with van der Waals surface area (Å²) < 4.78 is 0. The van der Waals surface area contributed by atoms with Gasteiger partial charge in [-0.2, -0.15) is 0 Å². The van der Waals surface area contributed by atoms with Gasteiger partial charge in [-0.3, -0.25) is 9.59 Å². The molecule has 0 unspecified atom stereocenters. The van der Waals surface area contributed by atoms with Gasteiger partial charge < -0.3 is 10.6 Å². The molecule has 0 aromatic heterocycles. The van der Waals surface area contributed by atoms with Crippen molar-refractivity contribution in [3.63, 3.8) is 0 Å². The Kier molecular flexibility index (Phi) is 5.59. The second kappa shape index (κ2) is 6.22. The maximum atomic E-state index is 11.1. The SMILES string of the molecule is C=CCNC(=O)C(=O)N[C@H](C)CC. The van der Waals surface area contributed by atoms with Gasteiger partial charge >= 0.3 is 11.8 Å². The Balaban J connectivity index is 3.82. The summed E-state index contributed by atoms with van der Waals surface area (Å²) in [5.41, 5.74) is 0. The maximum absolute atomic E-state index is 11.1. The molecule has 0 aromatic carbocycles. The highest BCUT2D eigenvalue weighted by atomic mass is 16.2. The van der Waals surface area contributed by atoms with Gasteiger partial charge in [0, 0.05) is 12.6 Å². The van der Waals surface area contributed by atoms with E-state index in [9.17, 15) is 9.59 Å². The number of nitrogens with one attached hydrogen (secondary N) is 2. The number of carbonyl (C=O) groups is 2. The lowest BCUT2D eigenvalue weighted by Gasteiger charge is -2.10. The van der Waals surface area contributed by atoms with E-state index in [2.05, 4.69) is 17.2 Å². The highest BCUT2D eigenvalue weighted by Gasteiger charge is 2.13. The van der Waals surface area contributed by atoms with E-state index in [1.165, 1.54) is 6.08 Å². The lowest BCUT2D eigenvalue weighted by atomic mass is 10.2. The van der Waals surface area contributed by atoms with Crippen LogP contribution in [0, 0.1) is 0 Å². The van der Waals surface area contributed by atoms with Gasteiger partial charge in [0.15, 0.2) is 0 Å². The molecule has 2 amide bonds. The Morgan fingerprint density at radius 2 is 2.08 bits per heavy atom. The minimum Gasteiger partial charge on any atom is -0.345 e. The molecule has 0 bridgehead atoms. The van der Waals surface area contributed by atoms with Crippen LogP contribution in [0.4, 0.5) is 0 Å². The molecule has 0 aliphatic carbocycles. The van der Waals surface area contributed by atoms with E-state index in [1.54, 1.807) is 0 Å². The lowest BCUT2D eigenvalue weighted by Crippen LogP contribution is -2.43. The molecule has 1 atom stereocenters. The summed E-state index contributed by atoms with van der Waals surface area (Å²) in [6.45, 7) is 7.52. The van der Waals surface area contributed by atoms with Crippen LogP contribution >= 0.6 is 0 Å². The third kappa shape index (κ3) is 5.00. The second-order valence-corrected chi connectivity index (χ2v) is 2.78. The zero-order valence-electron chi connectivity index (χ0n) is 8.09. The third-order valence-electron chi connectivity index (χ3n) is 1.60. The molecule has 0 aliphatic rings. The molecular formula is C9H16N2O2. The number of carbonyl (C=O) groups excluding carboxylic acids is 2. The zero-order chi connectivity index (χ0) is 10.3. The van der Waals surface area contributed by atoms with Crippen molar-refractivity contribution in [1.29, 1.82) is 0 Å². The van der Waals surface area contributed by atoms with E-state index in [0.717, 1.165) is 6.42 Å². The van der Waals surface area contributed by atoms with Crippen LogP contribution in [-0.2, 0) is 9.59 Å². The molecule has 74 valence electrons. The first-order valence-electron chi connectivity index (χ1n) is 4.31. The fourth-order valence-corrected chi connectivity index (χ4v) is 0.637. The van der Waals surface area contributed by atoms with E-state index in [0.29, 0.717) is 6.54 Å². The number of rotatable bonds is 4. The topological polar surface area (TPSA) is 58.2 Å². The molecule has 2 N–H and O–H groups in total. The zero-order valence-corrected chi connectivity index (χ0v) is 8.09. The minimum absolute atomic E-state index is 0.0296. The van der Waals surface area contributed by atoms with E-state index in [1.807, 2.05) is 13.8 Å². The molecule has 13 heavy (non-hydrogen) atoms. The average Bonchev–Trinajstić information content (AvgIpc) is 2.13. The Labute approximate surface area is 78.4 Å². The molecule has 0 aromatic rings. The highest BCUT2D eigenvalue weighted by molar-refractivity contribution is 6.35. The molecule has 0 rings (SSSR count). The molecule has 4 nitrogen and oxygen atoms in total. The van der Waals surface area contributed by atoms with Crippen molar-refractivity contribution in [2.45, 2.75) is 26.3 Å². The van der Waals surface area contributed by atoms with Gasteiger partial charge in [0.25, 0.3) is 0 Å². The molecule has 4 heteroatoms. The summed E-state index contributed by atoms with van der Waals surface area (Å²) in [6, 6.07) is 0.0296. The summed E-state index contributed by atoms with van der Waals surface area (Å²) in [5, 5.41) is 4.95. The predicted molar refractivity (Wildman–Crippen MR) is 51.1 cm³/mol. The van der Waals surface area contributed by atoms with Crippen molar-refractivity contribution < 1.29 is 9.59 Å². The first kappa shape index (κ1) is 11.7. The Morgan fingerprint density at radius 1 is 1.46 bits per heavy atom. The Morgan fingerprint density at radius 3 is 2.54 bits per heavy atom. The standard InChI is InChI=1S/C9H16N2O2/c1-4-6-10-8(12)9(13)11-7(3)5-2/h4,7H,1,5-6H2,2-3H3,(H,10,12)(H,11,13)/t7-/m1/s1. The normalized spacial score (nSPS) is 11.5.